The van der Waals surface area contributed by atoms with Crippen molar-refractivity contribution in [2.45, 2.75) is 367 Å². The molecule has 0 aliphatic rings. The molecular weight excluding hydrogens is 971 g/mol. The van der Waals surface area contributed by atoms with E-state index < -0.39 is 24.3 Å². The van der Waals surface area contributed by atoms with Crippen LogP contribution in [0.3, 0.4) is 0 Å². The first-order valence-corrected chi connectivity index (χ1v) is 34.4. The number of hydrogen-bond acceptors (Lipinski definition) is 7. The third-order valence-electron chi connectivity index (χ3n) is 15.8. The lowest BCUT2D eigenvalue weighted by Crippen LogP contribution is -2.40. The summed E-state index contributed by atoms with van der Waals surface area (Å²) in [5.41, 5.74) is 0. The van der Waals surface area contributed by atoms with Gasteiger partial charge in [0, 0.05) is 12.8 Å². The Morgan fingerprint density at radius 2 is 0.654 bits per heavy atom. The number of carboxylic acid groups (broad SMARTS) is 1. The zero-order valence-corrected chi connectivity index (χ0v) is 52.9. The smallest absolute Gasteiger partial charge is 0.361 e. The molecule has 0 saturated heterocycles. The van der Waals surface area contributed by atoms with Crippen molar-refractivity contribution >= 4 is 17.9 Å². The highest BCUT2D eigenvalue weighted by molar-refractivity contribution is 5.71. The number of nitrogens with zero attached hydrogens (tertiary/aromatic N) is 1. The molecule has 0 aliphatic heterocycles. The first kappa shape index (κ1) is 76.0. The van der Waals surface area contributed by atoms with Crippen molar-refractivity contribution in [3.05, 3.63) is 12.2 Å². The van der Waals surface area contributed by atoms with Crippen LogP contribution in [0, 0.1) is 0 Å². The number of quaternary nitrogens is 1. The van der Waals surface area contributed by atoms with Crippen LogP contribution in [0.1, 0.15) is 354 Å². The molecule has 0 aliphatic carbocycles. The van der Waals surface area contributed by atoms with E-state index >= 15 is 0 Å². The largest absolute Gasteiger partial charge is 0.477 e. The first-order chi connectivity index (χ1) is 38.1. The van der Waals surface area contributed by atoms with Gasteiger partial charge in [-0.3, -0.25) is 9.59 Å². The molecule has 2 unspecified atom stereocenters. The summed E-state index contributed by atoms with van der Waals surface area (Å²) in [7, 11) is 5.98. The van der Waals surface area contributed by atoms with Gasteiger partial charge in [0.05, 0.1) is 34.4 Å². The van der Waals surface area contributed by atoms with Crippen LogP contribution in [-0.4, -0.2) is 87.4 Å². The summed E-state index contributed by atoms with van der Waals surface area (Å²) in [6.45, 7) is 4.92. The normalized spacial score (nSPS) is 12.7. The molecule has 0 aromatic rings. The van der Waals surface area contributed by atoms with E-state index in [0.717, 1.165) is 51.4 Å². The molecule has 0 radical (unpaired) electrons. The average molecular weight is 1110 g/mol. The number of ether oxygens (including phenoxy) is 4. The average Bonchev–Trinajstić information content (AvgIpc) is 3.41. The summed E-state index contributed by atoms with van der Waals surface area (Å²) in [5, 5.41) is 9.71. The molecule has 0 saturated carbocycles. The van der Waals surface area contributed by atoms with E-state index in [9.17, 15) is 19.5 Å². The third-order valence-corrected chi connectivity index (χ3v) is 15.8. The summed E-state index contributed by atoms with van der Waals surface area (Å²) < 4.78 is 22.9. The highest BCUT2D eigenvalue weighted by atomic mass is 16.7. The Balaban J connectivity index is 3.90. The van der Waals surface area contributed by atoms with Crippen LogP contribution in [0.4, 0.5) is 0 Å². The zero-order chi connectivity index (χ0) is 56.9. The highest BCUT2D eigenvalue weighted by Gasteiger charge is 2.25. The summed E-state index contributed by atoms with van der Waals surface area (Å²) >= 11 is 0. The van der Waals surface area contributed by atoms with Crippen molar-refractivity contribution < 1.29 is 42.9 Å². The number of hydrogen-bond donors (Lipinski definition) is 1. The van der Waals surface area contributed by atoms with Gasteiger partial charge in [0.15, 0.2) is 6.10 Å². The van der Waals surface area contributed by atoms with Gasteiger partial charge in [0.1, 0.15) is 13.2 Å². The van der Waals surface area contributed by atoms with Crippen molar-refractivity contribution in [3.8, 4) is 0 Å². The molecule has 462 valence electrons. The van der Waals surface area contributed by atoms with Gasteiger partial charge in [-0.2, -0.15) is 0 Å². The predicted octanol–water partition coefficient (Wildman–Crippen LogP) is 20.9. The minimum Gasteiger partial charge on any atom is -0.477 e. The van der Waals surface area contributed by atoms with Crippen LogP contribution < -0.4 is 0 Å². The lowest BCUT2D eigenvalue weighted by molar-refractivity contribution is -0.870. The number of rotatable bonds is 65. The van der Waals surface area contributed by atoms with Gasteiger partial charge in [-0.1, -0.05) is 315 Å². The molecule has 0 bridgehead atoms. The molecule has 0 rings (SSSR count). The second-order valence-corrected chi connectivity index (χ2v) is 24.8. The second kappa shape index (κ2) is 61.1. The molecule has 78 heavy (non-hydrogen) atoms. The molecule has 0 amide bonds. The standard InChI is InChI=1S/C69H133NO8/c1-6-8-10-12-14-16-18-20-22-23-24-25-26-27-28-29-30-31-32-33-34-35-36-37-38-39-40-41-42-43-44-46-47-49-51-53-55-57-59-66(71)76-63-65(64-77-69(68(73)74)75-62-61-70(3,4)5)78-67(72)60-58-56-54-52-50-48-45-21-19-17-15-13-11-9-7-2/h21,45,65,69H,6-20,22-44,46-64H2,1-5H3/p+1/b45-21-. The molecule has 0 aromatic heterocycles. The maximum atomic E-state index is 12.9. The lowest BCUT2D eigenvalue weighted by atomic mass is 10.0. The fourth-order valence-corrected chi connectivity index (χ4v) is 10.5. The minimum atomic E-state index is -1.51. The molecule has 0 aromatic carbocycles. The summed E-state index contributed by atoms with van der Waals surface area (Å²) in [5.74, 6) is -1.99. The molecule has 0 spiro atoms. The number of likely N-dealkylation sites (N-methyl/N-ethyl adjacent to an activating group) is 1. The molecule has 9 heteroatoms. The fourth-order valence-electron chi connectivity index (χ4n) is 10.5. The Morgan fingerprint density at radius 1 is 0.372 bits per heavy atom. The summed E-state index contributed by atoms with van der Waals surface area (Å²) in [4.78, 5) is 37.4. The van der Waals surface area contributed by atoms with Crippen molar-refractivity contribution in [2.75, 3.05) is 47.5 Å². The van der Waals surface area contributed by atoms with Crippen LogP contribution in [0.2, 0.25) is 0 Å². The Kier molecular flexibility index (Phi) is 59.6. The van der Waals surface area contributed by atoms with Gasteiger partial charge in [-0.05, 0) is 38.5 Å². The number of carboxylic acids is 1. The van der Waals surface area contributed by atoms with Crippen LogP contribution in [0.25, 0.3) is 0 Å². The highest BCUT2D eigenvalue weighted by Crippen LogP contribution is 2.19. The third kappa shape index (κ3) is 61.6. The van der Waals surface area contributed by atoms with E-state index in [0.29, 0.717) is 23.9 Å². The Bertz CT molecular complexity index is 1280. The van der Waals surface area contributed by atoms with Gasteiger partial charge < -0.3 is 28.5 Å². The molecule has 1 N–H and O–H groups in total. The molecular formula is C69H134NO8+. The monoisotopic (exact) mass is 1110 g/mol. The lowest BCUT2D eigenvalue weighted by Gasteiger charge is -2.25. The van der Waals surface area contributed by atoms with E-state index in [1.54, 1.807) is 0 Å². The van der Waals surface area contributed by atoms with Crippen molar-refractivity contribution in [1.82, 2.24) is 0 Å². The van der Waals surface area contributed by atoms with E-state index in [4.69, 9.17) is 18.9 Å². The number of carbonyl (C=O) groups is 3. The van der Waals surface area contributed by atoms with Gasteiger partial charge in [0.25, 0.3) is 6.29 Å². The number of carbonyl (C=O) groups excluding carboxylic acids is 2. The van der Waals surface area contributed by atoms with Crippen LogP contribution >= 0.6 is 0 Å². The van der Waals surface area contributed by atoms with E-state index in [-0.39, 0.29) is 32.2 Å². The number of aliphatic carboxylic acids is 1. The number of unbranched alkanes of at least 4 members (excludes halogenated alkanes) is 48. The van der Waals surface area contributed by atoms with Crippen LogP contribution in [0.15, 0.2) is 12.2 Å². The van der Waals surface area contributed by atoms with E-state index in [1.807, 2.05) is 21.1 Å². The van der Waals surface area contributed by atoms with Crippen molar-refractivity contribution in [3.63, 3.8) is 0 Å². The minimum absolute atomic E-state index is 0.179. The summed E-state index contributed by atoms with van der Waals surface area (Å²) in [6.07, 6.45) is 70.7. The van der Waals surface area contributed by atoms with Crippen LogP contribution in [-0.2, 0) is 33.3 Å². The predicted molar refractivity (Wildman–Crippen MR) is 332 cm³/mol. The summed E-state index contributed by atoms with van der Waals surface area (Å²) in [6, 6.07) is 0. The fraction of sp³-hybridized carbons (Fsp3) is 0.928. The Hall–Kier alpha value is -1.97. The van der Waals surface area contributed by atoms with Crippen molar-refractivity contribution in [1.29, 1.82) is 0 Å². The number of esters is 2. The molecule has 9 nitrogen and oxygen atoms in total. The zero-order valence-electron chi connectivity index (χ0n) is 52.9. The topological polar surface area (TPSA) is 108 Å². The first-order valence-electron chi connectivity index (χ1n) is 34.4. The van der Waals surface area contributed by atoms with Crippen LogP contribution in [0.5, 0.6) is 0 Å². The van der Waals surface area contributed by atoms with Gasteiger partial charge in [-0.15, -0.1) is 0 Å². The van der Waals surface area contributed by atoms with Gasteiger partial charge >= 0.3 is 17.9 Å². The molecule has 0 heterocycles. The molecule has 2 atom stereocenters. The second-order valence-electron chi connectivity index (χ2n) is 24.8. The maximum absolute atomic E-state index is 12.9. The Labute approximate surface area is 485 Å². The number of allylic oxidation sites excluding steroid dienone is 2. The quantitative estimate of drug-likeness (QED) is 0.0211. The van der Waals surface area contributed by atoms with E-state index in [1.165, 1.54) is 270 Å². The Morgan fingerprint density at radius 3 is 0.949 bits per heavy atom. The molecule has 0 fully saturated rings. The SMILES string of the molecule is CCCCCCCC/C=C\CCCCCCCC(=O)OC(COC(=O)CCCCCCCCCCCCCCCCCCCCCCCCCCCCCCCCCCCCCCCC)COC(OCC[N+](C)(C)C)C(=O)O. The van der Waals surface area contributed by atoms with Gasteiger partial charge in [0.2, 0.25) is 0 Å². The van der Waals surface area contributed by atoms with E-state index in [2.05, 4.69) is 26.0 Å². The van der Waals surface area contributed by atoms with Gasteiger partial charge in [-0.25, -0.2) is 4.79 Å². The van der Waals surface area contributed by atoms with Crippen molar-refractivity contribution in [2.24, 2.45) is 0 Å². The maximum Gasteiger partial charge on any atom is 0.361 e.